The van der Waals surface area contributed by atoms with Gasteiger partial charge in [0.1, 0.15) is 5.82 Å². The molecule has 0 amide bonds. The molecular weight excluding hydrogens is 368 g/mol. The summed E-state index contributed by atoms with van der Waals surface area (Å²) < 4.78 is 9.04. The molecule has 0 aromatic carbocycles. The highest BCUT2D eigenvalue weighted by Crippen LogP contribution is 2.37. The molecule has 1 fully saturated rings. The minimum absolute atomic E-state index is 0.193. The number of aryl methyl sites for hydroxylation is 1. The number of aromatic nitrogens is 5. The number of aliphatic hydroxyl groups is 1. The van der Waals surface area contributed by atoms with E-state index in [2.05, 4.69) is 48.3 Å². The molecule has 1 aliphatic rings. The number of nitrogens with zero attached hydrogens (tertiary/aromatic N) is 5. The third-order valence-electron chi connectivity index (χ3n) is 5.48. The molecule has 8 nitrogen and oxygen atoms in total. The van der Waals surface area contributed by atoms with E-state index in [-0.39, 0.29) is 11.6 Å². The van der Waals surface area contributed by atoms with Gasteiger partial charge in [-0.1, -0.05) is 0 Å². The summed E-state index contributed by atoms with van der Waals surface area (Å²) in [4.78, 5) is 4.54. The molecule has 0 radical (unpaired) electrons. The second-order valence-electron chi connectivity index (χ2n) is 8.95. The van der Waals surface area contributed by atoms with Crippen LogP contribution < -0.4 is 5.32 Å². The summed E-state index contributed by atoms with van der Waals surface area (Å²) in [5.74, 6) is 1.94. The van der Waals surface area contributed by atoms with E-state index in [4.69, 9.17) is 9.84 Å². The lowest BCUT2D eigenvalue weighted by atomic mass is 10.0. The maximum Gasteiger partial charge on any atom is 0.163 e. The first-order valence-corrected chi connectivity index (χ1v) is 10.1. The first kappa shape index (κ1) is 19.8. The van der Waals surface area contributed by atoms with E-state index in [0.29, 0.717) is 12.5 Å². The number of fused-ring (bicyclic) bond motifs is 1. The zero-order chi connectivity index (χ0) is 20.8. The Morgan fingerprint density at radius 3 is 2.69 bits per heavy atom. The molecule has 3 aromatic heterocycles. The van der Waals surface area contributed by atoms with Crippen LogP contribution in [0.2, 0.25) is 0 Å². The third kappa shape index (κ3) is 3.86. The highest BCUT2D eigenvalue weighted by atomic mass is 16.5. The molecule has 4 rings (SSSR count). The van der Waals surface area contributed by atoms with Crippen molar-refractivity contribution in [2.24, 2.45) is 7.05 Å². The summed E-state index contributed by atoms with van der Waals surface area (Å²) in [6.07, 6.45) is 4.19. The molecule has 2 atom stereocenters. The zero-order valence-corrected chi connectivity index (χ0v) is 17.8. The van der Waals surface area contributed by atoms with Crippen LogP contribution >= 0.6 is 0 Å². The number of rotatable bonds is 5. The maximum atomic E-state index is 9.94. The van der Waals surface area contributed by atoms with Crippen molar-refractivity contribution in [3.63, 3.8) is 0 Å². The molecule has 0 aliphatic heterocycles. The Morgan fingerprint density at radius 2 is 2.03 bits per heavy atom. The van der Waals surface area contributed by atoms with Gasteiger partial charge in [0.25, 0.3) is 0 Å². The highest BCUT2D eigenvalue weighted by molar-refractivity contribution is 5.89. The first-order chi connectivity index (χ1) is 13.8. The summed E-state index contributed by atoms with van der Waals surface area (Å²) in [6.45, 7) is 6.90. The molecule has 1 saturated carbocycles. The van der Waals surface area contributed by atoms with Gasteiger partial charge in [0.2, 0.25) is 0 Å². The van der Waals surface area contributed by atoms with Crippen LogP contribution in [-0.2, 0) is 23.9 Å². The van der Waals surface area contributed by atoms with E-state index in [9.17, 15) is 5.11 Å². The van der Waals surface area contributed by atoms with Crippen molar-refractivity contribution >= 4 is 22.7 Å². The Hall–Kier alpha value is -2.45. The van der Waals surface area contributed by atoms with Crippen molar-refractivity contribution < 1.29 is 9.84 Å². The predicted octanol–water partition coefficient (Wildman–Crippen LogP) is 3.44. The summed E-state index contributed by atoms with van der Waals surface area (Å²) in [6, 6.07) is 4.16. The van der Waals surface area contributed by atoms with Crippen molar-refractivity contribution in [1.29, 1.82) is 0 Å². The summed E-state index contributed by atoms with van der Waals surface area (Å²) in [5.41, 5.74) is 2.65. The normalized spacial score (nSPS) is 19.9. The van der Waals surface area contributed by atoms with Crippen LogP contribution in [0.3, 0.4) is 0 Å². The molecule has 3 aromatic rings. The molecule has 3 heterocycles. The van der Waals surface area contributed by atoms with Gasteiger partial charge in [-0.15, -0.1) is 0 Å². The van der Waals surface area contributed by atoms with Gasteiger partial charge in [-0.05, 0) is 51.7 Å². The van der Waals surface area contributed by atoms with Crippen molar-refractivity contribution in [2.75, 3.05) is 12.4 Å². The summed E-state index contributed by atoms with van der Waals surface area (Å²) in [7, 11) is 3.57. The van der Waals surface area contributed by atoms with Gasteiger partial charge in [-0.3, -0.25) is 0 Å². The average Bonchev–Trinajstić information content (AvgIpc) is 3.34. The lowest BCUT2D eigenvalue weighted by molar-refractivity contribution is 0.181. The van der Waals surface area contributed by atoms with Crippen molar-refractivity contribution in [3.8, 4) is 0 Å². The van der Waals surface area contributed by atoms with Crippen molar-refractivity contribution in [3.05, 3.63) is 29.6 Å². The van der Waals surface area contributed by atoms with Gasteiger partial charge >= 0.3 is 0 Å². The van der Waals surface area contributed by atoms with Crippen LogP contribution in [0.4, 0.5) is 11.6 Å². The number of ether oxygens (including phenoxy) is 1. The van der Waals surface area contributed by atoms with Crippen LogP contribution in [0.5, 0.6) is 0 Å². The average molecular weight is 399 g/mol. The topological polar surface area (TPSA) is 90.0 Å². The Morgan fingerprint density at radius 1 is 1.24 bits per heavy atom. The fraction of sp³-hybridized carbons (Fsp3) is 0.571. The van der Waals surface area contributed by atoms with Gasteiger partial charge in [0.05, 0.1) is 29.3 Å². The van der Waals surface area contributed by atoms with Crippen molar-refractivity contribution in [2.45, 2.75) is 64.2 Å². The molecule has 0 saturated heterocycles. The number of nitrogens with one attached hydrogen (secondary N) is 1. The Labute approximate surface area is 170 Å². The van der Waals surface area contributed by atoms with Crippen LogP contribution in [0, 0.1) is 0 Å². The lowest BCUT2D eigenvalue weighted by Gasteiger charge is -2.22. The molecule has 2 unspecified atom stereocenters. The van der Waals surface area contributed by atoms with Crippen LogP contribution in [-0.4, -0.2) is 42.9 Å². The lowest BCUT2D eigenvalue weighted by Crippen LogP contribution is -2.24. The van der Waals surface area contributed by atoms with Crippen LogP contribution in [0.1, 0.15) is 57.2 Å². The fourth-order valence-electron chi connectivity index (χ4n) is 4.07. The third-order valence-corrected chi connectivity index (χ3v) is 5.48. The quantitative estimate of drug-likeness (QED) is 0.684. The van der Waals surface area contributed by atoms with Crippen LogP contribution in [0.15, 0.2) is 18.3 Å². The Bertz CT molecular complexity index is 1020. The smallest absolute Gasteiger partial charge is 0.163 e. The molecule has 29 heavy (non-hydrogen) atoms. The van der Waals surface area contributed by atoms with Gasteiger partial charge in [-0.25, -0.2) is 14.3 Å². The van der Waals surface area contributed by atoms with Gasteiger partial charge in [0, 0.05) is 32.3 Å². The number of pyridine rings is 1. The summed E-state index contributed by atoms with van der Waals surface area (Å²) in [5, 5.41) is 23.9. The number of methoxy groups -OCH3 is 1. The second-order valence-corrected chi connectivity index (χ2v) is 8.95. The monoisotopic (exact) mass is 398 g/mol. The maximum absolute atomic E-state index is 9.94. The van der Waals surface area contributed by atoms with Crippen LogP contribution in [0.25, 0.3) is 11.0 Å². The van der Waals surface area contributed by atoms with Gasteiger partial charge in [0.15, 0.2) is 11.5 Å². The van der Waals surface area contributed by atoms with E-state index in [1.807, 2.05) is 17.9 Å². The standard InChI is InChI=1S/C21H30N6O2/c1-21(2,3)27-18(10-17(24-27)14-6-7-15(28)9-14)23-19-16-8-13(12-29-5)11-22-20(16)26(4)25-19/h8,10-11,14-15,28H,6-7,9,12H2,1-5H3,(H,23,25). The SMILES string of the molecule is COCc1cnc2c(c1)c(Nc1cc(C3CCC(O)C3)nn1C(C)(C)C)nn2C. The molecule has 2 N–H and O–H groups in total. The predicted molar refractivity (Wildman–Crippen MR) is 112 cm³/mol. The molecule has 8 heteroatoms. The van der Waals surface area contributed by atoms with Gasteiger partial charge < -0.3 is 15.2 Å². The molecule has 0 spiro atoms. The van der Waals surface area contributed by atoms with E-state index >= 15 is 0 Å². The molecule has 156 valence electrons. The number of aliphatic hydroxyl groups excluding tert-OH is 1. The second kappa shape index (κ2) is 7.42. The van der Waals surface area contributed by atoms with Gasteiger partial charge in [-0.2, -0.15) is 10.2 Å². The highest BCUT2D eigenvalue weighted by Gasteiger charge is 2.29. The van der Waals surface area contributed by atoms with E-state index in [1.54, 1.807) is 11.8 Å². The van der Waals surface area contributed by atoms with E-state index in [0.717, 1.165) is 53.2 Å². The first-order valence-electron chi connectivity index (χ1n) is 10.1. The summed E-state index contributed by atoms with van der Waals surface area (Å²) >= 11 is 0. The number of anilines is 2. The van der Waals surface area contributed by atoms with E-state index in [1.165, 1.54) is 0 Å². The minimum atomic E-state index is -0.221. The number of hydrogen-bond acceptors (Lipinski definition) is 6. The molecule has 0 bridgehead atoms. The Balaban J connectivity index is 1.73. The molecular formula is C21H30N6O2. The largest absolute Gasteiger partial charge is 0.393 e. The van der Waals surface area contributed by atoms with E-state index < -0.39 is 0 Å². The zero-order valence-electron chi connectivity index (χ0n) is 17.8. The Kier molecular flexibility index (Phi) is 5.08. The van der Waals surface area contributed by atoms with Crippen molar-refractivity contribution in [1.82, 2.24) is 24.5 Å². The number of hydrogen-bond donors (Lipinski definition) is 2. The fourth-order valence-corrected chi connectivity index (χ4v) is 4.07. The molecule has 1 aliphatic carbocycles. The minimum Gasteiger partial charge on any atom is -0.393 e.